The maximum Gasteiger partial charge on any atom is 0.121 e. The van der Waals surface area contributed by atoms with Crippen LogP contribution in [0.2, 0.25) is 0 Å². The van der Waals surface area contributed by atoms with E-state index in [1.165, 1.54) is 0 Å². The molecule has 0 saturated heterocycles. The van der Waals surface area contributed by atoms with Gasteiger partial charge in [-0.1, -0.05) is 12.2 Å². The summed E-state index contributed by atoms with van der Waals surface area (Å²) in [5.74, 6) is 1.13. The summed E-state index contributed by atoms with van der Waals surface area (Å²) in [7, 11) is 0. The van der Waals surface area contributed by atoms with Gasteiger partial charge in [-0.3, -0.25) is 0 Å². The molecule has 1 N–H and O–H groups in total. The highest BCUT2D eigenvalue weighted by Gasteiger charge is 2.00. The molecule has 0 aliphatic heterocycles. The fraction of sp³-hybridized carbons (Fsp3) is 0.273. The molecule has 0 radical (unpaired) electrons. The third kappa shape index (κ3) is 2.52. The van der Waals surface area contributed by atoms with Crippen molar-refractivity contribution in [3.63, 3.8) is 0 Å². The number of hydrogen-bond donors (Lipinski definition) is 2. The van der Waals surface area contributed by atoms with E-state index < -0.39 is 0 Å². The van der Waals surface area contributed by atoms with Gasteiger partial charge >= 0.3 is 0 Å². The Morgan fingerprint density at radius 2 is 1.85 bits per heavy atom. The Hall–Kier alpha value is -0.890. The third-order valence-corrected chi connectivity index (χ3v) is 2.14. The number of phenolic OH excluding ortho intramolecular Hbond substituents is 1. The lowest BCUT2D eigenvalue weighted by atomic mass is 10.1. The van der Waals surface area contributed by atoms with Gasteiger partial charge in [0.05, 0.1) is 0 Å². The summed E-state index contributed by atoms with van der Waals surface area (Å²) in [6.45, 7) is 3.81. The lowest BCUT2D eigenvalue weighted by Crippen LogP contribution is -1.83. The molecule has 13 heavy (non-hydrogen) atoms. The Morgan fingerprint density at radius 3 is 2.31 bits per heavy atom. The van der Waals surface area contributed by atoms with Crippen LogP contribution in [-0.2, 0) is 0 Å². The van der Waals surface area contributed by atoms with Crippen LogP contribution < -0.4 is 0 Å². The minimum Gasteiger partial charge on any atom is -0.507 e. The minimum absolute atomic E-state index is 0.392. The van der Waals surface area contributed by atoms with Gasteiger partial charge in [0.1, 0.15) is 5.75 Å². The summed E-state index contributed by atoms with van der Waals surface area (Å²) >= 11 is 4.09. The molecule has 1 nitrogen and oxygen atoms in total. The Morgan fingerprint density at radius 1 is 1.31 bits per heavy atom. The second-order valence-electron chi connectivity index (χ2n) is 3.09. The maximum atomic E-state index is 9.52. The zero-order valence-electron chi connectivity index (χ0n) is 7.91. The van der Waals surface area contributed by atoms with Crippen LogP contribution in [0.4, 0.5) is 0 Å². The molecule has 0 saturated carbocycles. The molecule has 0 heterocycles. The lowest BCUT2D eigenvalue weighted by Gasteiger charge is -2.04. The van der Waals surface area contributed by atoms with Gasteiger partial charge in [0, 0.05) is 5.75 Å². The van der Waals surface area contributed by atoms with Gasteiger partial charge in [0.15, 0.2) is 0 Å². The number of thiol groups is 1. The molecular weight excluding hydrogens is 180 g/mol. The zero-order chi connectivity index (χ0) is 9.84. The quantitative estimate of drug-likeness (QED) is 0.694. The average Bonchev–Trinajstić information content (AvgIpc) is 2.10. The molecule has 0 aliphatic rings. The molecule has 0 bridgehead atoms. The van der Waals surface area contributed by atoms with E-state index in [1.807, 2.05) is 38.1 Å². The summed E-state index contributed by atoms with van der Waals surface area (Å²) in [4.78, 5) is 0. The fourth-order valence-electron chi connectivity index (χ4n) is 1.27. The van der Waals surface area contributed by atoms with Gasteiger partial charge in [-0.05, 0) is 42.7 Å². The van der Waals surface area contributed by atoms with Gasteiger partial charge in [-0.2, -0.15) is 12.6 Å². The molecule has 2 heteroatoms. The zero-order valence-corrected chi connectivity index (χ0v) is 8.81. The van der Waals surface area contributed by atoms with E-state index in [0.29, 0.717) is 5.75 Å². The van der Waals surface area contributed by atoms with Crippen LogP contribution in [0.5, 0.6) is 5.75 Å². The molecule has 0 fully saturated rings. The Balaban J connectivity index is 3.06. The van der Waals surface area contributed by atoms with Crippen molar-refractivity contribution >= 4 is 18.7 Å². The van der Waals surface area contributed by atoms with Crippen molar-refractivity contribution in [3.8, 4) is 5.75 Å². The maximum absolute atomic E-state index is 9.52. The van der Waals surface area contributed by atoms with E-state index in [9.17, 15) is 5.11 Å². The first kappa shape index (κ1) is 10.2. The molecule has 0 aliphatic carbocycles. The monoisotopic (exact) mass is 194 g/mol. The van der Waals surface area contributed by atoms with Gasteiger partial charge in [-0.25, -0.2) is 0 Å². The Labute approximate surface area is 84.5 Å². The largest absolute Gasteiger partial charge is 0.507 e. The number of hydrogen-bond acceptors (Lipinski definition) is 2. The first-order chi connectivity index (χ1) is 6.15. The number of aryl methyl sites for hydroxylation is 2. The molecule has 0 aromatic heterocycles. The van der Waals surface area contributed by atoms with Gasteiger partial charge in [0.2, 0.25) is 0 Å². The highest BCUT2D eigenvalue weighted by molar-refractivity contribution is 7.80. The summed E-state index contributed by atoms with van der Waals surface area (Å²) < 4.78 is 0. The predicted molar refractivity (Wildman–Crippen MR) is 60.5 cm³/mol. The van der Waals surface area contributed by atoms with Crippen LogP contribution in [0, 0.1) is 13.8 Å². The summed E-state index contributed by atoms with van der Waals surface area (Å²) in [5, 5.41) is 9.52. The van der Waals surface area contributed by atoms with Gasteiger partial charge in [0.25, 0.3) is 0 Å². The molecule has 70 valence electrons. The number of phenols is 1. The second-order valence-corrected chi connectivity index (χ2v) is 3.45. The van der Waals surface area contributed by atoms with Crippen molar-refractivity contribution < 1.29 is 5.11 Å². The van der Waals surface area contributed by atoms with Crippen LogP contribution in [-0.4, -0.2) is 10.9 Å². The van der Waals surface area contributed by atoms with Crippen molar-refractivity contribution in [2.24, 2.45) is 0 Å². The molecule has 1 rings (SSSR count). The first-order valence-corrected chi connectivity index (χ1v) is 4.86. The van der Waals surface area contributed by atoms with Crippen LogP contribution in [0.1, 0.15) is 16.7 Å². The van der Waals surface area contributed by atoms with Crippen LogP contribution in [0.3, 0.4) is 0 Å². The van der Waals surface area contributed by atoms with E-state index in [0.717, 1.165) is 22.4 Å². The predicted octanol–water partition coefficient (Wildman–Crippen LogP) is 2.95. The first-order valence-electron chi connectivity index (χ1n) is 4.22. The molecule has 1 aromatic rings. The van der Waals surface area contributed by atoms with E-state index in [4.69, 9.17) is 0 Å². The van der Waals surface area contributed by atoms with Crippen LogP contribution in [0.25, 0.3) is 6.08 Å². The Bertz CT molecular complexity index is 306. The van der Waals surface area contributed by atoms with E-state index in [2.05, 4.69) is 12.6 Å². The van der Waals surface area contributed by atoms with Crippen molar-refractivity contribution in [1.29, 1.82) is 0 Å². The molecule has 1 aromatic carbocycles. The van der Waals surface area contributed by atoms with Gasteiger partial charge < -0.3 is 5.11 Å². The van der Waals surface area contributed by atoms with E-state index in [1.54, 1.807) is 0 Å². The normalized spacial score (nSPS) is 11.0. The highest BCUT2D eigenvalue weighted by atomic mass is 32.1. The fourth-order valence-corrected chi connectivity index (χ4v) is 1.38. The Kier molecular flexibility index (Phi) is 3.43. The van der Waals surface area contributed by atoms with Crippen molar-refractivity contribution in [1.82, 2.24) is 0 Å². The number of benzene rings is 1. The molecule has 0 spiro atoms. The molecule has 0 atom stereocenters. The third-order valence-electron chi connectivity index (χ3n) is 1.93. The summed E-state index contributed by atoms with van der Waals surface area (Å²) in [6, 6.07) is 3.92. The lowest BCUT2D eigenvalue weighted by molar-refractivity contribution is 0.467. The molecule has 0 amide bonds. The standard InChI is InChI=1S/C11H14OS/c1-8-6-10(4-3-5-13)7-9(2)11(8)12/h3-4,6-7,12-13H,5H2,1-2H3. The highest BCUT2D eigenvalue weighted by Crippen LogP contribution is 2.23. The smallest absolute Gasteiger partial charge is 0.121 e. The summed E-state index contributed by atoms with van der Waals surface area (Å²) in [6.07, 6.45) is 3.99. The van der Waals surface area contributed by atoms with Crippen LogP contribution >= 0.6 is 12.6 Å². The number of aromatic hydroxyl groups is 1. The van der Waals surface area contributed by atoms with E-state index in [-0.39, 0.29) is 0 Å². The number of rotatable bonds is 2. The van der Waals surface area contributed by atoms with Crippen LogP contribution in [0.15, 0.2) is 18.2 Å². The van der Waals surface area contributed by atoms with Crippen molar-refractivity contribution in [3.05, 3.63) is 34.9 Å². The van der Waals surface area contributed by atoms with Gasteiger partial charge in [-0.15, -0.1) is 0 Å². The second kappa shape index (κ2) is 4.38. The minimum atomic E-state index is 0.392. The SMILES string of the molecule is Cc1cc(C=CCS)cc(C)c1O. The topological polar surface area (TPSA) is 20.2 Å². The van der Waals surface area contributed by atoms with E-state index >= 15 is 0 Å². The van der Waals surface area contributed by atoms with Crippen molar-refractivity contribution in [2.75, 3.05) is 5.75 Å². The summed E-state index contributed by atoms with van der Waals surface area (Å²) in [5.41, 5.74) is 2.94. The molecule has 0 unspecified atom stereocenters. The average molecular weight is 194 g/mol. The molecular formula is C11H14OS. The van der Waals surface area contributed by atoms with Crippen molar-refractivity contribution in [2.45, 2.75) is 13.8 Å².